The van der Waals surface area contributed by atoms with Crippen molar-refractivity contribution in [1.29, 1.82) is 0 Å². The van der Waals surface area contributed by atoms with Crippen molar-refractivity contribution in [3.8, 4) is 5.69 Å². The molecule has 1 aromatic heterocycles. The predicted octanol–water partition coefficient (Wildman–Crippen LogP) is 3.46. The summed E-state index contributed by atoms with van der Waals surface area (Å²) < 4.78 is 1.83. The van der Waals surface area contributed by atoms with Crippen LogP contribution < -0.4 is 0 Å². The van der Waals surface area contributed by atoms with Gasteiger partial charge in [-0.3, -0.25) is 4.79 Å². The van der Waals surface area contributed by atoms with E-state index in [0.29, 0.717) is 12.5 Å². The van der Waals surface area contributed by atoms with E-state index in [2.05, 4.69) is 22.2 Å². The molecule has 5 heteroatoms. The second kappa shape index (κ2) is 7.12. The fourth-order valence-electron chi connectivity index (χ4n) is 2.99. The lowest BCUT2D eigenvalue weighted by molar-refractivity contribution is 0.0784. The van der Waals surface area contributed by atoms with Crippen molar-refractivity contribution in [1.82, 2.24) is 19.7 Å². The van der Waals surface area contributed by atoms with E-state index >= 15 is 0 Å². The third kappa shape index (κ3) is 3.52. The Balaban J connectivity index is 1.52. The SMILES string of the molecule is CN(CCc1ccccc1)C(=O)c1nc(C2CC2)n(-c2ccccc2)n1. The Hall–Kier alpha value is -2.95. The number of hydrogen-bond donors (Lipinski definition) is 0. The number of benzene rings is 2. The summed E-state index contributed by atoms with van der Waals surface area (Å²) in [5.74, 6) is 1.47. The second-order valence-corrected chi connectivity index (χ2v) is 6.78. The van der Waals surface area contributed by atoms with Gasteiger partial charge in [0.05, 0.1) is 5.69 Å². The predicted molar refractivity (Wildman–Crippen MR) is 100 cm³/mol. The van der Waals surface area contributed by atoms with E-state index in [1.54, 1.807) is 4.90 Å². The number of amides is 1. The monoisotopic (exact) mass is 346 g/mol. The van der Waals surface area contributed by atoms with Crippen molar-refractivity contribution < 1.29 is 4.79 Å². The lowest BCUT2D eigenvalue weighted by Gasteiger charge is -2.15. The summed E-state index contributed by atoms with van der Waals surface area (Å²) in [6.07, 6.45) is 3.05. The van der Waals surface area contributed by atoms with Crippen molar-refractivity contribution in [2.45, 2.75) is 25.2 Å². The molecule has 2 aromatic carbocycles. The summed E-state index contributed by atoms with van der Waals surface area (Å²) in [7, 11) is 1.81. The molecule has 0 N–H and O–H groups in total. The van der Waals surface area contributed by atoms with Crippen molar-refractivity contribution in [3.05, 3.63) is 77.9 Å². The van der Waals surface area contributed by atoms with Crippen molar-refractivity contribution in [3.63, 3.8) is 0 Å². The molecule has 1 fully saturated rings. The first-order chi connectivity index (χ1) is 12.7. The van der Waals surface area contributed by atoms with Crippen LogP contribution in [-0.2, 0) is 6.42 Å². The number of likely N-dealkylation sites (N-methyl/N-ethyl adjacent to an activating group) is 1. The van der Waals surface area contributed by atoms with E-state index in [0.717, 1.165) is 30.8 Å². The second-order valence-electron chi connectivity index (χ2n) is 6.78. The van der Waals surface area contributed by atoms with Gasteiger partial charge < -0.3 is 4.90 Å². The highest BCUT2D eigenvalue weighted by Gasteiger charge is 2.32. The molecule has 0 spiro atoms. The number of aromatic nitrogens is 3. The van der Waals surface area contributed by atoms with Crippen molar-refractivity contribution >= 4 is 5.91 Å². The van der Waals surface area contributed by atoms with Crippen LogP contribution in [0.3, 0.4) is 0 Å². The largest absolute Gasteiger partial charge is 0.339 e. The average molecular weight is 346 g/mol. The highest BCUT2D eigenvalue weighted by atomic mass is 16.2. The third-order valence-electron chi connectivity index (χ3n) is 4.69. The summed E-state index contributed by atoms with van der Waals surface area (Å²) >= 11 is 0. The van der Waals surface area contributed by atoms with Gasteiger partial charge in [-0.25, -0.2) is 9.67 Å². The van der Waals surface area contributed by atoms with Crippen LogP contribution in [0.25, 0.3) is 5.69 Å². The van der Waals surface area contributed by atoms with Gasteiger partial charge in [-0.15, -0.1) is 5.10 Å². The third-order valence-corrected chi connectivity index (χ3v) is 4.69. The number of carbonyl (C=O) groups is 1. The molecule has 3 aromatic rings. The van der Waals surface area contributed by atoms with Gasteiger partial charge in [0.15, 0.2) is 0 Å². The first-order valence-corrected chi connectivity index (χ1v) is 9.04. The number of para-hydroxylation sites is 1. The summed E-state index contributed by atoms with van der Waals surface area (Å²) in [6, 6.07) is 20.1. The lowest BCUT2D eigenvalue weighted by atomic mass is 10.1. The molecule has 4 rings (SSSR count). The maximum atomic E-state index is 12.8. The lowest BCUT2D eigenvalue weighted by Crippen LogP contribution is -2.29. The maximum Gasteiger partial charge on any atom is 0.293 e. The normalized spacial score (nSPS) is 13.6. The van der Waals surface area contributed by atoms with Gasteiger partial charge in [0, 0.05) is 19.5 Å². The zero-order valence-electron chi connectivity index (χ0n) is 14.9. The summed E-state index contributed by atoms with van der Waals surface area (Å²) in [6.45, 7) is 0.640. The topological polar surface area (TPSA) is 51.0 Å². The molecule has 0 bridgehead atoms. The van der Waals surface area contributed by atoms with Crippen LogP contribution >= 0.6 is 0 Å². The molecule has 26 heavy (non-hydrogen) atoms. The van der Waals surface area contributed by atoms with Gasteiger partial charge in [0.2, 0.25) is 5.82 Å². The molecule has 1 amide bonds. The van der Waals surface area contributed by atoms with Crippen LogP contribution in [-0.4, -0.2) is 39.2 Å². The van der Waals surface area contributed by atoms with Crippen molar-refractivity contribution in [2.75, 3.05) is 13.6 Å². The Morgan fingerprint density at radius 3 is 2.38 bits per heavy atom. The highest BCUT2D eigenvalue weighted by Crippen LogP contribution is 2.39. The van der Waals surface area contributed by atoms with E-state index in [9.17, 15) is 4.79 Å². The summed E-state index contributed by atoms with van der Waals surface area (Å²) in [4.78, 5) is 19.1. The van der Waals surface area contributed by atoms with Crippen LogP contribution in [0.15, 0.2) is 60.7 Å². The van der Waals surface area contributed by atoms with Gasteiger partial charge in [-0.1, -0.05) is 48.5 Å². The zero-order chi connectivity index (χ0) is 17.9. The van der Waals surface area contributed by atoms with Gasteiger partial charge >= 0.3 is 0 Å². The van der Waals surface area contributed by atoms with E-state index in [1.807, 2.05) is 60.3 Å². The number of nitrogens with zero attached hydrogens (tertiary/aromatic N) is 4. The molecule has 1 saturated carbocycles. The summed E-state index contributed by atoms with van der Waals surface area (Å²) in [5.41, 5.74) is 2.17. The molecular formula is C21H22N4O. The average Bonchev–Trinajstić information content (AvgIpc) is 3.45. The minimum atomic E-state index is -0.127. The first kappa shape index (κ1) is 16.5. The zero-order valence-corrected chi connectivity index (χ0v) is 14.9. The number of hydrogen-bond acceptors (Lipinski definition) is 3. The molecule has 5 nitrogen and oxygen atoms in total. The molecule has 0 radical (unpaired) electrons. The maximum absolute atomic E-state index is 12.8. The fraction of sp³-hybridized carbons (Fsp3) is 0.286. The Morgan fingerprint density at radius 1 is 1.08 bits per heavy atom. The van der Waals surface area contributed by atoms with Gasteiger partial charge in [0.1, 0.15) is 5.82 Å². The quantitative estimate of drug-likeness (QED) is 0.687. The molecule has 0 atom stereocenters. The van der Waals surface area contributed by atoms with Gasteiger partial charge in [-0.05, 0) is 37.0 Å². The van der Waals surface area contributed by atoms with Crippen LogP contribution in [0.1, 0.15) is 40.8 Å². The van der Waals surface area contributed by atoms with Crippen LogP contribution in [0.5, 0.6) is 0 Å². The number of carbonyl (C=O) groups excluding carboxylic acids is 1. The first-order valence-electron chi connectivity index (χ1n) is 9.04. The van der Waals surface area contributed by atoms with E-state index in [4.69, 9.17) is 0 Å². The molecule has 0 unspecified atom stereocenters. The standard InChI is InChI=1S/C21H22N4O/c1-24(15-14-16-8-4-2-5-9-16)21(26)19-22-20(17-12-13-17)25(23-19)18-10-6-3-7-11-18/h2-11,17H,12-15H2,1H3. The van der Waals surface area contributed by atoms with Crippen LogP contribution in [0, 0.1) is 0 Å². The van der Waals surface area contributed by atoms with Crippen LogP contribution in [0.4, 0.5) is 0 Å². The minimum Gasteiger partial charge on any atom is -0.339 e. The van der Waals surface area contributed by atoms with Gasteiger partial charge in [-0.2, -0.15) is 0 Å². The van der Waals surface area contributed by atoms with Crippen molar-refractivity contribution in [2.24, 2.45) is 0 Å². The molecule has 1 heterocycles. The van der Waals surface area contributed by atoms with E-state index in [1.165, 1.54) is 5.56 Å². The van der Waals surface area contributed by atoms with E-state index < -0.39 is 0 Å². The minimum absolute atomic E-state index is 0.127. The Morgan fingerprint density at radius 2 is 1.73 bits per heavy atom. The molecule has 1 aliphatic carbocycles. The van der Waals surface area contributed by atoms with Crippen LogP contribution in [0.2, 0.25) is 0 Å². The Kier molecular flexibility index (Phi) is 4.52. The molecular weight excluding hydrogens is 324 g/mol. The molecule has 0 aliphatic heterocycles. The Labute approximate surface area is 153 Å². The highest BCUT2D eigenvalue weighted by molar-refractivity contribution is 5.90. The van der Waals surface area contributed by atoms with Gasteiger partial charge in [0.25, 0.3) is 5.91 Å². The Bertz CT molecular complexity index is 885. The molecule has 0 saturated heterocycles. The number of rotatable bonds is 6. The fourth-order valence-corrected chi connectivity index (χ4v) is 2.99. The molecule has 132 valence electrons. The smallest absolute Gasteiger partial charge is 0.293 e. The molecule has 1 aliphatic rings. The summed E-state index contributed by atoms with van der Waals surface area (Å²) in [5, 5.41) is 4.53. The van der Waals surface area contributed by atoms with E-state index in [-0.39, 0.29) is 11.7 Å².